The van der Waals surface area contributed by atoms with Gasteiger partial charge in [0.1, 0.15) is 0 Å². The van der Waals surface area contributed by atoms with Crippen molar-refractivity contribution in [2.75, 3.05) is 5.73 Å². The molecular formula is C15H24N2O. The largest absolute Gasteiger partial charge is 0.398 e. The third-order valence-corrected chi connectivity index (χ3v) is 3.99. The standard InChI is InChI=1S/C15H24N2O/c1-11(2)8-12-4-3-6-15(18,9-12)13-10-17-7-5-14(13)16/h5,7,10-12,18H,3-4,6,8-9H2,1-2H3,(H2,16,17). The molecule has 0 aromatic carbocycles. The van der Waals surface area contributed by atoms with Crippen molar-refractivity contribution in [3.63, 3.8) is 0 Å². The number of nitrogen functional groups attached to an aromatic ring is 1. The Kier molecular flexibility index (Phi) is 3.91. The molecule has 0 amide bonds. The number of hydrogen-bond donors (Lipinski definition) is 2. The van der Waals surface area contributed by atoms with Gasteiger partial charge in [-0.3, -0.25) is 4.98 Å². The molecule has 3 nitrogen and oxygen atoms in total. The molecule has 1 aromatic rings. The van der Waals surface area contributed by atoms with Crippen molar-refractivity contribution in [1.82, 2.24) is 4.98 Å². The van der Waals surface area contributed by atoms with E-state index in [-0.39, 0.29) is 0 Å². The summed E-state index contributed by atoms with van der Waals surface area (Å²) >= 11 is 0. The Hall–Kier alpha value is -1.09. The van der Waals surface area contributed by atoms with Crippen LogP contribution >= 0.6 is 0 Å². The molecule has 0 spiro atoms. The van der Waals surface area contributed by atoms with Crippen LogP contribution < -0.4 is 5.73 Å². The molecular weight excluding hydrogens is 224 g/mol. The number of nitrogens with zero attached hydrogens (tertiary/aromatic N) is 1. The second-order valence-electron chi connectivity index (χ2n) is 6.09. The van der Waals surface area contributed by atoms with Crippen LogP contribution in [0.25, 0.3) is 0 Å². The first-order chi connectivity index (χ1) is 8.51. The Labute approximate surface area is 109 Å². The Bertz CT molecular complexity index is 405. The lowest BCUT2D eigenvalue weighted by molar-refractivity contribution is -0.0240. The van der Waals surface area contributed by atoms with Crippen molar-refractivity contribution >= 4 is 5.69 Å². The lowest BCUT2D eigenvalue weighted by atomic mass is 9.72. The van der Waals surface area contributed by atoms with Gasteiger partial charge in [0.25, 0.3) is 0 Å². The number of pyridine rings is 1. The highest BCUT2D eigenvalue weighted by molar-refractivity contribution is 5.47. The van der Waals surface area contributed by atoms with Crippen LogP contribution in [0.15, 0.2) is 18.5 Å². The first kappa shape index (κ1) is 13.3. The highest BCUT2D eigenvalue weighted by atomic mass is 16.3. The van der Waals surface area contributed by atoms with Gasteiger partial charge in [-0.2, -0.15) is 0 Å². The van der Waals surface area contributed by atoms with Crippen LogP contribution in [0.2, 0.25) is 0 Å². The van der Waals surface area contributed by atoms with E-state index in [2.05, 4.69) is 18.8 Å². The van der Waals surface area contributed by atoms with E-state index in [1.165, 1.54) is 12.8 Å². The first-order valence-electron chi connectivity index (χ1n) is 6.93. The second-order valence-corrected chi connectivity index (χ2v) is 6.09. The van der Waals surface area contributed by atoms with Crippen LogP contribution in [0.4, 0.5) is 5.69 Å². The monoisotopic (exact) mass is 248 g/mol. The van der Waals surface area contributed by atoms with E-state index >= 15 is 0 Å². The van der Waals surface area contributed by atoms with E-state index in [4.69, 9.17) is 5.73 Å². The van der Waals surface area contributed by atoms with Gasteiger partial charge >= 0.3 is 0 Å². The van der Waals surface area contributed by atoms with E-state index in [9.17, 15) is 5.11 Å². The van der Waals surface area contributed by atoms with Crippen LogP contribution in [0, 0.1) is 11.8 Å². The molecule has 100 valence electrons. The van der Waals surface area contributed by atoms with Crippen molar-refractivity contribution in [3.05, 3.63) is 24.0 Å². The van der Waals surface area contributed by atoms with Crippen molar-refractivity contribution in [1.29, 1.82) is 0 Å². The molecule has 18 heavy (non-hydrogen) atoms. The SMILES string of the molecule is CC(C)CC1CCCC(O)(c2cnccc2N)C1. The number of rotatable bonds is 3. The molecule has 2 unspecified atom stereocenters. The van der Waals surface area contributed by atoms with Crippen molar-refractivity contribution in [2.24, 2.45) is 11.8 Å². The van der Waals surface area contributed by atoms with Gasteiger partial charge in [-0.25, -0.2) is 0 Å². The normalized spacial score (nSPS) is 28.6. The smallest absolute Gasteiger partial charge is 0.0934 e. The van der Waals surface area contributed by atoms with Crippen molar-refractivity contribution < 1.29 is 5.11 Å². The minimum atomic E-state index is -0.768. The Morgan fingerprint density at radius 2 is 2.33 bits per heavy atom. The summed E-state index contributed by atoms with van der Waals surface area (Å²) in [6.45, 7) is 4.48. The number of aliphatic hydroxyl groups is 1. The maximum atomic E-state index is 10.9. The number of aromatic nitrogens is 1. The predicted octanol–water partition coefficient (Wildman–Crippen LogP) is 3.09. The molecule has 1 saturated carbocycles. The molecule has 1 aliphatic carbocycles. The molecule has 1 fully saturated rings. The fourth-order valence-electron chi connectivity index (χ4n) is 3.27. The van der Waals surface area contributed by atoms with Gasteiger partial charge in [0, 0.05) is 23.6 Å². The second kappa shape index (κ2) is 5.27. The quantitative estimate of drug-likeness (QED) is 0.864. The maximum Gasteiger partial charge on any atom is 0.0934 e. The van der Waals surface area contributed by atoms with Crippen molar-refractivity contribution in [3.8, 4) is 0 Å². The topological polar surface area (TPSA) is 59.1 Å². The molecule has 0 bridgehead atoms. The molecule has 1 heterocycles. The van der Waals surface area contributed by atoms with Crippen LogP contribution in [0.1, 0.15) is 51.5 Å². The van der Waals surface area contributed by atoms with Gasteiger partial charge in [0.05, 0.1) is 5.60 Å². The summed E-state index contributed by atoms with van der Waals surface area (Å²) in [5.41, 5.74) is 6.70. The Balaban J connectivity index is 2.18. The molecule has 1 aliphatic rings. The number of hydrogen-bond acceptors (Lipinski definition) is 3. The molecule has 1 aromatic heterocycles. The zero-order valence-corrected chi connectivity index (χ0v) is 11.4. The minimum Gasteiger partial charge on any atom is -0.398 e. The summed E-state index contributed by atoms with van der Waals surface area (Å²) in [7, 11) is 0. The first-order valence-corrected chi connectivity index (χ1v) is 6.93. The zero-order chi connectivity index (χ0) is 13.2. The Morgan fingerprint density at radius 3 is 3.00 bits per heavy atom. The van der Waals surface area contributed by atoms with Gasteiger partial charge in [0.2, 0.25) is 0 Å². The van der Waals surface area contributed by atoms with E-state index in [0.29, 0.717) is 17.5 Å². The third kappa shape index (κ3) is 2.83. The molecule has 3 N–H and O–H groups in total. The summed E-state index contributed by atoms with van der Waals surface area (Å²) in [6, 6.07) is 1.78. The maximum absolute atomic E-state index is 10.9. The average molecular weight is 248 g/mol. The molecule has 3 heteroatoms. The van der Waals surface area contributed by atoms with Crippen LogP contribution in [-0.4, -0.2) is 10.1 Å². The number of nitrogens with two attached hydrogens (primary N) is 1. The molecule has 2 rings (SSSR count). The summed E-state index contributed by atoms with van der Waals surface area (Å²) in [5.74, 6) is 1.28. The summed E-state index contributed by atoms with van der Waals surface area (Å²) in [6.07, 6.45) is 8.51. The van der Waals surface area contributed by atoms with Gasteiger partial charge in [0.15, 0.2) is 0 Å². The highest BCUT2D eigenvalue weighted by Crippen LogP contribution is 2.43. The minimum absolute atomic E-state index is 0.600. The Morgan fingerprint density at radius 1 is 1.56 bits per heavy atom. The molecule has 2 atom stereocenters. The fourth-order valence-corrected chi connectivity index (χ4v) is 3.27. The molecule has 0 aliphatic heterocycles. The van der Waals surface area contributed by atoms with Crippen molar-refractivity contribution in [2.45, 2.75) is 51.6 Å². The van der Waals surface area contributed by atoms with Crippen LogP contribution in [-0.2, 0) is 5.60 Å². The zero-order valence-electron chi connectivity index (χ0n) is 11.4. The summed E-state index contributed by atoms with van der Waals surface area (Å²) < 4.78 is 0. The average Bonchev–Trinajstić information content (AvgIpc) is 2.28. The van der Waals surface area contributed by atoms with Gasteiger partial charge in [-0.05, 0) is 43.6 Å². The van der Waals surface area contributed by atoms with Gasteiger partial charge < -0.3 is 10.8 Å². The predicted molar refractivity (Wildman–Crippen MR) is 74.0 cm³/mol. The van der Waals surface area contributed by atoms with Gasteiger partial charge in [-0.15, -0.1) is 0 Å². The lowest BCUT2D eigenvalue weighted by Crippen LogP contribution is -2.34. The summed E-state index contributed by atoms with van der Waals surface area (Å²) in [5, 5.41) is 10.9. The third-order valence-electron chi connectivity index (χ3n) is 3.99. The van der Waals surface area contributed by atoms with Crippen LogP contribution in [0.3, 0.4) is 0 Å². The van der Waals surface area contributed by atoms with E-state index in [1.807, 2.05) is 0 Å². The highest BCUT2D eigenvalue weighted by Gasteiger charge is 2.37. The molecule has 0 saturated heterocycles. The lowest BCUT2D eigenvalue weighted by Gasteiger charge is -2.38. The van der Waals surface area contributed by atoms with E-state index < -0.39 is 5.60 Å². The summed E-state index contributed by atoms with van der Waals surface area (Å²) in [4.78, 5) is 4.11. The van der Waals surface area contributed by atoms with E-state index in [1.54, 1.807) is 18.5 Å². The van der Waals surface area contributed by atoms with Crippen LogP contribution in [0.5, 0.6) is 0 Å². The van der Waals surface area contributed by atoms with E-state index in [0.717, 1.165) is 24.8 Å². The fraction of sp³-hybridized carbons (Fsp3) is 0.667. The number of anilines is 1. The molecule has 0 radical (unpaired) electrons. The van der Waals surface area contributed by atoms with Gasteiger partial charge in [-0.1, -0.05) is 20.3 Å².